The summed E-state index contributed by atoms with van der Waals surface area (Å²) in [6.45, 7) is 0. The van der Waals surface area contributed by atoms with E-state index in [0.717, 1.165) is 30.2 Å². The van der Waals surface area contributed by atoms with E-state index in [2.05, 4.69) is 9.98 Å². The highest BCUT2D eigenvalue weighted by atomic mass is 32.2. The number of nitrogens with zero attached hydrogens (tertiary/aromatic N) is 2. The molecule has 0 saturated heterocycles. The molecule has 0 radical (unpaired) electrons. The molecule has 1 aliphatic heterocycles. The van der Waals surface area contributed by atoms with Crippen LogP contribution in [0.1, 0.15) is 11.1 Å². The van der Waals surface area contributed by atoms with E-state index >= 15 is 0 Å². The van der Waals surface area contributed by atoms with E-state index in [9.17, 15) is 18.0 Å². The summed E-state index contributed by atoms with van der Waals surface area (Å²) >= 11 is 0.882. The summed E-state index contributed by atoms with van der Waals surface area (Å²) in [5.74, 6) is 0.160. The Hall–Kier alpha value is -1.37. The number of hydrogen-bond donors (Lipinski definition) is 0. The largest absolute Gasteiger partial charge is 0.417 e. The predicted molar refractivity (Wildman–Crippen MR) is 53.6 cm³/mol. The number of aliphatic imine (C=N–C) groups is 1. The van der Waals surface area contributed by atoms with Crippen LogP contribution in [0.5, 0.6) is 0 Å². The summed E-state index contributed by atoms with van der Waals surface area (Å²) in [6.07, 6.45) is -2.31. The molecule has 0 atom stereocenters. The first-order valence-electron chi connectivity index (χ1n) is 4.24. The summed E-state index contributed by atoms with van der Waals surface area (Å²) < 4.78 is 37.9. The smallest absolute Gasteiger partial charge is 0.264 e. The van der Waals surface area contributed by atoms with Crippen LogP contribution in [0.25, 0.3) is 0 Å². The third kappa shape index (κ3) is 2.08. The minimum atomic E-state index is -4.46. The zero-order chi connectivity index (χ0) is 11.8. The molecule has 1 amide bonds. The van der Waals surface area contributed by atoms with E-state index in [1.807, 2.05) is 0 Å². The Balaban J connectivity index is 2.49. The molecule has 2 rings (SSSR count). The number of pyridine rings is 1. The van der Waals surface area contributed by atoms with Crippen LogP contribution >= 0.6 is 11.8 Å². The average Bonchev–Trinajstić information content (AvgIpc) is 2.64. The molecule has 3 nitrogen and oxygen atoms in total. The highest BCUT2D eigenvalue weighted by molar-refractivity contribution is 8.14. The highest BCUT2D eigenvalue weighted by Gasteiger charge is 2.35. The topological polar surface area (TPSA) is 42.3 Å². The minimum Gasteiger partial charge on any atom is -0.264 e. The van der Waals surface area contributed by atoms with Crippen molar-refractivity contribution in [1.29, 1.82) is 0 Å². The highest BCUT2D eigenvalue weighted by Crippen LogP contribution is 2.33. The maximum absolute atomic E-state index is 12.6. The van der Waals surface area contributed by atoms with Crippen LogP contribution in [0.2, 0.25) is 0 Å². The van der Waals surface area contributed by atoms with Crippen molar-refractivity contribution in [3.63, 3.8) is 0 Å². The maximum Gasteiger partial charge on any atom is 0.417 e. The van der Waals surface area contributed by atoms with Crippen LogP contribution in [-0.2, 0) is 6.18 Å². The van der Waals surface area contributed by atoms with Crippen LogP contribution in [0, 0.1) is 0 Å². The van der Waals surface area contributed by atoms with Gasteiger partial charge in [0, 0.05) is 23.7 Å². The molecule has 1 aromatic heterocycles. The molecule has 0 N–H and O–H groups in total. The van der Waals surface area contributed by atoms with E-state index in [4.69, 9.17) is 0 Å². The molecule has 16 heavy (non-hydrogen) atoms. The number of alkyl halides is 3. The fourth-order valence-corrected chi connectivity index (χ4v) is 1.97. The first-order chi connectivity index (χ1) is 7.48. The van der Waals surface area contributed by atoms with Crippen LogP contribution in [0.3, 0.4) is 0 Å². The lowest BCUT2D eigenvalue weighted by molar-refractivity contribution is -0.137. The molecular formula is C9H5F3N2OS. The van der Waals surface area contributed by atoms with E-state index in [1.54, 1.807) is 0 Å². The van der Waals surface area contributed by atoms with Crippen molar-refractivity contribution < 1.29 is 18.0 Å². The van der Waals surface area contributed by atoms with Crippen molar-refractivity contribution in [2.45, 2.75) is 6.18 Å². The standard InChI is InChI=1S/C9H5F3N2OS/c10-9(11,12)6-1-2-13-3-5(6)7-4-16-8(15)14-7/h1-3H,4H2. The van der Waals surface area contributed by atoms with Gasteiger partial charge in [0.25, 0.3) is 0 Å². The number of halogens is 3. The van der Waals surface area contributed by atoms with Crippen molar-refractivity contribution in [3.05, 3.63) is 29.6 Å². The fourth-order valence-electron chi connectivity index (χ4n) is 1.31. The number of thioether (sulfide) groups is 1. The van der Waals surface area contributed by atoms with Gasteiger partial charge in [0.15, 0.2) is 0 Å². The monoisotopic (exact) mass is 246 g/mol. The normalized spacial score (nSPS) is 16.4. The summed E-state index contributed by atoms with van der Waals surface area (Å²) in [6, 6.07) is 0.880. The van der Waals surface area contributed by atoms with Crippen molar-refractivity contribution in [1.82, 2.24) is 4.98 Å². The first-order valence-corrected chi connectivity index (χ1v) is 5.23. The molecule has 2 heterocycles. The Morgan fingerprint density at radius 1 is 1.38 bits per heavy atom. The molecule has 84 valence electrons. The van der Waals surface area contributed by atoms with Gasteiger partial charge in [-0.3, -0.25) is 9.78 Å². The average molecular weight is 246 g/mol. The second-order valence-corrected chi connectivity index (χ2v) is 3.96. The lowest BCUT2D eigenvalue weighted by Gasteiger charge is -2.10. The summed E-state index contributed by atoms with van der Waals surface area (Å²) in [5.41, 5.74) is -0.791. The zero-order valence-corrected chi connectivity index (χ0v) is 8.60. The summed E-state index contributed by atoms with van der Waals surface area (Å²) in [7, 11) is 0. The van der Waals surface area contributed by atoms with Gasteiger partial charge in [-0.15, -0.1) is 0 Å². The summed E-state index contributed by atoms with van der Waals surface area (Å²) in [5, 5.41) is -0.466. The van der Waals surface area contributed by atoms with Gasteiger partial charge in [0.2, 0.25) is 0 Å². The molecule has 1 aliphatic rings. The van der Waals surface area contributed by atoms with Gasteiger partial charge in [-0.2, -0.15) is 13.2 Å². The minimum absolute atomic E-state index is 0.117. The molecule has 7 heteroatoms. The molecular weight excluding hydrogens is 241 g/mol. The third-order valence-electron chi connectivity index (χ3n) is 2.00. The molecule has 0 saturated carbocycles. The van der Waals surface area contributed by atoms with E-state index in [-0.39, 0.29) is 17.0 Å². The van der Waals surface area contributed by atoms with Gasteiger partial charge in [-0.25, -0.2) is 4.99 Å². The molecule has 0 fully saturated rings. The quantitative estimate of drug-likeness (QED) is 0.765. The molecule has 0 spiro atoms. The second kappa shape index (κ2) is 3.89. The van der Waals surface area contributed by atoms with Crippen LogP contribution in [-0.4, -0.2) is 21.7 Å². The lowest BCUT2D eigenvalue weighted by atomic mass is 10.1. The predicted octanol–water partition coefficient (Wildman–Crippen LogP) is 2.76. The first kappa shape index (κ1) is 11.1. The zero-order valence-electron chi connectivity index (χ0n) is 7.78. The molecule has 0 aliphatic carbocycles. The SMILES string of the molecule is O=C1N=C(c2cnccc2C(F)(F)F)CS1. The Morgan fingerprint density at radius 2 is 2.12 bits per heavy atom. The lowest BCUT2D eigenvalue weighted by Crippen LogP contribution is -2.14. The number of hydrogen-bond acceptors (Lipinski definition) is 3. The van der Waals surface area contributed by atoms with E-state index < -0.39 is 17.0 Å². The van der Waals surface area contributed by atoms with Crippen molar-refractivity contribution >= 4 is 22.7 Å². The Labute approximate surface area is 92.8 Å². The Bertz CT molecular complexity index is 470. The number of carbonyl (C=O) groups excluding carboxylic acids is 1. The van der Waals surface area contributed by atoms with E-state index in [0.29, 0.717) is 0 Å². The van der Waals surface area contributed by atoms with Crippen molar-refractivity contribution in [2.24, 2.45) is 4.99 Å². The van der Waals surface area contributed by atoms with Gasteiger partial charge in [-0.05, 0) is 6.07 Å². The van der Waals surface area contributed by atoms with Gasteiger partial charge < -0.3 is 0 Å². The van der Waals surface area contributed by atoms with Gasteiger partial charge in [0.1, 0.15) is 0 Å². The third-order valence-corrected chi connectivity index (χ3v) is 2.75. The Morgan fingerprint density at radius 3 is 2.69 bits per heavy atom. The van der Waals surface area contributed by atoms with Crippen molar-refractivity contribution in [3.8, 4) is 0 Å². The molecule has 1 aromatic rings. The number of amides is 1. The van der Waals surface area contributed by atoms with Gasteiger partial charge in [0.05, 0.1) is 11.3 Å². The number of carbonyl (C=O) groups is 1. The van der Waals surface area contributed by atoms with Crippen LogP contribution in [0.4, 0.5) is 18.0 Å². The van der Waals surface area contributed by atoms with Crippen LogP contribution < -0.4 is 0 Å². The van der Waals surface area contributed by atoms with Gasteiger partial charge in [-0.1, -0.05) is 11.8 Å². The van der Waals surface area contributed by atoms with E-state index in [1.165, 1.54) is 0 Å². The van der Waals surface area contributed by atoms with Gasteiger partial charge >= 0.3 is 11.4 Å². The Kier molecular flexibility index (Phi) is 2.71. The summed E-state index contributed by atoms with van der Waals surface area (Å²) in [4.78, 5) is 18.0. The van der Waals surface area contributed by atoms with Crippen molar-refractivity contribution in [2.75, 3.05) is 5.75 Å². The fraction of sp³-hybridized carbons (Fsp3) is 0.222. The second-order valence-electron chi connectivity index (χ2n) is 3.03. The number of aromatic nitrogens is 1. The van der Waals surface area contributed by atoms with Crippen LogP contribution in [0.15, 0.2) is 23.5 Å². The molecule has 0 bridgehead atoms. The molecule has 0 unspecified atom stereocenters. The number of rotatable bonds is 1. The molecule has 0 aromatic carbocycles. The maximum atomic E-state index is 12.6.